The molecule has 1 saturated carbocycles. The first-order valence-corrected chi connectivity index (χ1v) is 14.3. The molecule has 0 aliphatic heterocycles. The number of amides is 1. The highest BCUT2D eigenvalue weighted by atomic mass is 16.1. The van der Waals surface area contributed by atoms with E-state index in [1.807, 2.05) is 18.3 Å². The highest BCUT2D eigenvalue weighted by Gasteiger charge is 2.27. The minimum Gasteiger partial charge on any atom is -0.354 e. The van der Waals surface area contributed by atoms with Crippen molar-refractivity contribution in [3.63, 3.8) is 0 Å². The van der Waals surface area contributed by atoms with Crippen LogP contribution in [0.2, 0.25) is 0 Å². The summed E-state index contributed by atoms with van der Waals surface area (Å²) in [4.78, 5) is 24.4. The quantitative estimate of drug-likeness (QED) is 0.304. The van der Waals surface area contributed by atoms with Gasteiger partial charge in [-0.3, -0.25) is 4.79 Å². The second-order valence-corrected chi connectivity index (χ2v) is 11.2. The molecule has 200 valence electrons. The van der Waals surface area contributed by atoms with E-state index in [9.17, 15) is 4.79 Å². The third-order valence-corrected chi connectivity index (χ3v) is 7.99. The number of benzene rings is 2. The fraction of sp³-hybridized carbons (Fsp3) is 0.469. The molecule has 2 N–H and O–H groups in total. The number of anilines is 2. The normalized spacial score (nSPS) is 17.1. The second kappa shape index (κ2) is 12.5. The Hall–Kier alpha value is -3.25. The number of fused-ring (bicyclic) bond motifs is 3. The molecule has 1 amide bonds. The molecular weight excluding hydrogens is 470 g/mol. The molecule has 38 heavy (non-hydrogen) atoms. The summed E-state index contributed by atoms with van der Waals surface area (Å²) in [6.45, 7) is 1.97. The third kappa shape index (κ3) is 6.60. The van der Waals surface area contributed by atoms with E-state index in [1.165, 1.54) is 54.4 Å². The van der Waals surface area contributed by atoms with Crippen molar-refractivity contribution >= 4 is 17.5 Å². The number of carbonyl (C=O) groups excluding carboxylic acids is 1. The summed E-state index contributed by atoms with van der Waals surface area (Å²) in [6.07, 6.45) is 12.0. The van der Waals surface area contributed by atoms with E-state index in [4.69, 9.17) is 4.98 Å². The van der Waals surface area contributed by atoms with Gasteiger partial charge in [0.25, 0.3) is 0 Å². The maximum absolute atomic E-state index is 12.6. The molecule has 1 unspecified atom stereocenters. The average molecular weight is 512 g/mol. The van der Waals surface area contributed by atoms with Crippen molar-refractivity contribution in [2.45, 2.75) is 63.7 Å². The van der Waals surface area contributed by atoms with Crippen LogP contribution in [0.15, 0.2) is 54.7 Å². The van der Waals surface area contributed by atoms with Crippen LogP contribution in [-0.4, -0.2) is 48.0 Å². The van der Waals surface area contributed by atoms with Gasteiger partial charge >= 0.3 is 0 Å². The molecule has 0 spiro atoms. The van der Waals surface area contributed by atoms with Crippen LogP contribution in [0, 0.1) is 5.92 Å². The Balaban J connectivity index is 1.26. The van der Waals surface area contributed by atoms with E-state index in [0.717, 1.165) is 43.7 Å². The van der Waals surface area contributed by atoms with E-state index in [0.29, 0.717) is 18.3 Å². The molecule has 0 bridgehead atoms. The van der Waals surface area contributed by atoms with E-state index in [2.05, 4.69) is 71.0 Å². The van der Waals surface area contributed by atoms with Crippen LogP contribution in [-0.2, 0) is 11.2 Å². The highest BCUT2D eigenvalue weighted by Crippen LogP contribution is 2.42. The second-order valence-electron chi connectivity index (χ2n) is 11.2. The molecule has 1 aromatic heterocycles. The van der Waals surface area contributed by atoms with Crippen molar-refractivity contribution in [2.75, 3.05) is 37.8 Å². The van der Waals surface area contributed by atoms with Crippen LogP contribution < -0.4 is 10.6 Å². The Morgan fingerprint density at radius 1 is 1.00 bits per heavy atom. The van der Waals surface area contributed by atoms with Crippen molar-refractivity contribution in [3.8, 4) is 11.3 Å². The van der Waals surface area contributed by atoms with E-state index in [-0.39, 0.29) is 11.8 Å². The zero-order valence-electron chi connectivity index (χ0n) is 22.9. The van der Waals surface area contributed by atoms with Crippen LogP contribution in [0.25, 0.3) is 11.3 Å². The standard InChI is InChI=1S/C32H41N5O/c1-37(2)19-9-8-18-33-32-34-22-25-21-29(27-12-6-7-13-28(27)31(25)36-32)24-14-16-26(17-15-24)35-30(38)20-23-10-4-3-5-11-23/h6-7,12-17,22-23,29H,3-5,8-11,18-21H2,1-2H3,(H,35,38)(H,33,34,36). The first-order chi connectivity index (χ1) is 18.6. The van der Waals surface area contributed by atoms with Gasteiger partial charge in [-0.05, 0) is 87.5 Å². The minimum atomic E-state index is 0.140. The lowest BCUT2D eigenvalue weighted by atomic mass is 9.78. The topological polar surface area (TPSA) is 70.2 Å². The number of unbranched alkanes of at least 4 members (excludes halogenated alkanes) is 1. The average Bonchev–Trinajstić information content (AvgIpc) is 2.93. The molecular formula is C32H41N5O. The number of nitrogens with zero attached hydrogens (tertiary/aromatic N) is 3. The van der Waals surface area contributed by atoms with Crippen LogP contribution >= 0.6 is 0 Å². The molecule has 6 nitrogen and oxygen atoms in total. The first-order valence-electron chi connectivity index (χ1n) is 14.3. The van der Waals surface area contributed by atoms with Gasteiger partial charge in [-0.1, -0.05) is 55.7 Å². The van der Waals surface area contributed by atoms with Gasteiger partial charge in [0.1, 0.15) is 0 Å². The number of rotatable bonds is 10. The van der Waals surface area contributed by atoms with Gasteiger partial charge in [-0.25, -0.2) is 9.97 Å². The van der Waals surface area contributed by atoms with Crippen molar-refractivity contribution in [3.05, 3.63) is 71.4 Å². The molecule has 5 rings (SSSR count). The molecule has 3 aromatic rings. The van der Waals surface area contributed by atoms with Crippen molar-refractivity contribution < 1.29 is 4.79 Å². The summed E-state index contributed by atoms with van der Waals surface area (Å²) in [5, 5.41) is 6.54. The van der Waals surface area contributed by atoms with Crippen molar-refractivity contribution in [1.29, 1.82) is 0 Å². The Morgan fingerprint density at radius 3 is 2.58 bits per heavy atom. The van der Waals surface area contributed by atoms with E-state index in [1.54, 1.807) is 0 Å². The van der Waals surface area contributed by atoms with Gasteiger partial charge in [0.05, 0.1) is 5.69 Å². The summed E-state index contributed by atoms with van der Waals surface area (Å²) in [5.74, 6) is 1.62. The Kier molecular flexibility index (Phi) is 8.69. The third-order valence-electron chi connectivity index (χ3n) is 7.99. The SMILES string of the molecule is CN(C)CCCCNc1ncc2c(n1)-c1ccccc1C(c1ccc(NC(=O)CC3CCCCC3)cc1)C2. The smallest absolute Gasteiger partial charge is 0.224 e. The molecule has 1 heterocycles. The Bertz CT molecular complexity index is 1220. The Labute approximate surface area is 227 Å². The monoisotopic (exact) mass is 511 g/mol. The molecule has 2 aliphatic rings. The van der Waals surface area contributed by atoms with Crippen LogP contribution in [0.5, 0.6) is 0 Å². The highest BCUT2D eigenvalue weighted by molar-refractivity contribution is 5.90. The van der Waals surface area contributed by atoms with Gasteiger partial charge in [0.15, 0.2) is 0 Å². The predicted octanol–water partition coefficient (Wildman–Crippen LogP) is 6.49. The maximum atomic E-state index is 12.6. The zero-order chi connectivity index (χ0) is 26.3. The summed E-state index contributed by atoms with van der Waals surface area (Å²) in [5.41, 5.74) is 6.82. The van der Waals surface area contributed by atoms with Gasteiger partial charge in [0.2, 0.25) is 11.9 Å². The van der Waals surface area contributed by atoms with Crippen molar-refractivity contribution in [2.24, 2.45) is 5.92 Å². The molecule has 6 heteroatoms. The maximum Gasteiger partial charge on any atom is 0.224 e. The molecule has 0 saturated heterocycles. The van der Waals surface area contributed by atoms with Crippen LogP contribution in [0.1, 0.15) is 74.0 Å². The number of nitrogens with one attached hydrogen (secondary N) is 2. The van der Waals surface area contributed by atoms with E-state index < -0.39 is 0 Å². The van der Waals surface area contributed by atoms with Gasteiger partial charge in [-0.15, -0.1) is 0 Å². The fourth-order valence-corrected chi connectivity index (χ4v) is 5.94. The zero-order valence-corrected chi connectivity index (χ0v) is 22.9. The molecule has 1 atom stereocenters. The Morgan fingerprint density at radius 2 is 1.79 bits per heavy atom. The summed E-state index contributed by atoms with van der Waals surface area (Å²) < 4.78 is 0. The minimum absolute atomic E-state index is 0.140. The summed E-state index contributed by atoms with van der Waals surface area (Å²) in [6, 6.07) is 17.0. The molecule has 2 aliphatic carbocycles. The lowest BCUT2D eigenvalue weighted by molar-refractivity contribution is -0.117. The van der Waals surface area contributed by atoms with Gasteiger partial charge < -0.3 is 15.5 Å². The molecule has 0 radical (unpaired) electrons. The van der Waals surface area contributed by atoms with E-state index >= 15 is 0 Å². The fourth-order valence-electron chi connectivity index (χ4n) is 5.94. The van der Waals surface area contributed by atoms with Gasteiger partial charge in [0, 0.05) is 36.3 Å². The number of hydrogen-bond acceptors (Lipinski definition) is 5. The lowest BCUT2D eigenvalue weighted by Crippen LogP contribution is -2.18. The molecule has 2 aromatic carbocycles. The predicted molar refractivity (Wildman–Crippen MR) is 156 cm³/mol. The number of aromatic nitrogens is 2. The van der Waals surface area contributed by atoms with Gasteiger partial charge in [-0.2, -0.15) is 0 Å². The number of hydrogen-bond donors (Lipinski definition) is 2. The van der Waals surface area contributed by atoms with Crippen LogP contribution in [0.4, 0.5) is 11.6 Å². The summed E-state index contributed by atoms with van der Waals surface area (Å²) in [7, 11) is 4.21. The van der Waals surface area contributed by atoms with Crippen molar-refractivity contribution in [1.82, 2.24) is 14.9 Å². The number of carbonyl (C=O) groups is 1. The van der Waals surface area contributed by atoms with Crippen LogP contribution in [0.3, 0.4) is 0 Å². The first kappa shape index (κ1) is 26.4. The lowest BCUT2D eigenvalue weighted by Gasteiger charge is -2.27. The summed E-state index contributed by atoms with van der Waals surface area (Å²) >= 11 is 0. The molecule has 1 fully saturated rings. The largest absolute Gasteiger partial charge is 0.354 e.